The molecule has 61 heavy (non-hydrogen) atoms. The molecule has 11 aromatic rings. The first-order valence-electron chi connectivity index (χ1n) is 20.3. The van der Waals surface area contributed by atoms with Crippen LogP contribution in [0.1, 0.15) is 11.1 Å². The Kier molecular flexibility index (Phi) is 9.35. The third-order valence-corrected chi connectivity index (χ3v) is 15.1. The van der Waals surface area contributed by atoms with Gasteiger partial charge < -0.3 is 12.9 Å². The SMILES string of the molecule is C=Cc1ccc2c(ccc3op(Oc4ccc5ccccc5c4-c4c(P(c5ccccc5)c5ccccc5)ccc5ccccc45)oc4ccc5cc(C=C)ccc5c4c32)c1. The van der Waals surface area contributed by atoms with E-state index < -0.39 is 16.2 Å². The molecular weight excluding hydrogens is 783 g/mol. The lowest BCUT2D eigenvalue weighted by Gasteiger charge is -2.25. The molecule has 1 heterocycles. The van der Waals surface area contributed by atoms with Crippen LogP contribution in [0, 0.1) is 0 Å². The first-order valence-corrected chi connectivity index (χ1v) is 22.8. The molecule has 0 atom stereocenters. The number of hydrogen-bond acceptors (Lipinski definition) is 3. The normalized spacial score (nSPS) is 11.6. The Morgan fingerprint density at radius 2 is 0.902 bits per heavy atom. The van der Waals surface area contributed by atoms with Gasteiger partial charge in [0.25, 0.3) is 0 Å². The van der Waals surface area contributed by atoms with Gasteiger partial charge in [-0.15, -0.1) is 0 Å². The average molecular weight is 821 g/mol. The van der Waals surface area contributed by atoms with Crippen LogP contribution in [0.2, 0.25) is 0 Å². The number of rotatable bonds is 8. The number of hydrogen-bond donors (Lipinski definition) is 0. The van der Waals surface area contributed by atoms with E-state index in [4.69, 9.17) is 12.9 Å². The fourth-order valence-electron chi connectivity index (χ4n) is 8.75. The van der Waals surface area contributed by atoms with Crippen LogP contribution in [0.15, 0.2) is 216 Å². The zero-order valence-electron chi connectivity index (χ0n) is 33.2. The van der Waals surface area contributed by atoms with Gasteiger partial charge in [0.05, 0.1) is 0 Å². The lowest BCUT2D eigenvalue weighted by Crippen LogP contribution is -2.22. The highest BCUT2D eigenvalue weighted by Gasteiger charge is 2.26. The quantitative estimate of drug-likeness (QED) is 0.143. The van der Waals surface area contributed by atoms with Gasteiger partial charge in [-0.2, -0.15) is 0 Å². The molecule has 290 valence electrons. The van der Waals surface area contributed by atoms with Crippen molar-refractivity contribution < 1.29 is 12.9 Å². The van der Waals surface area contributed by atoms with E-state index in [1.54, 1.807) is 0 Å². The molecule has 0 aliphatic rings. The molecule has 0 fully saturated rings. The van der Waals surface area contributed by atoms with Crippen molar-refractivity contribution in [1.29, 1.82) is 0 Å². The minimum atomic E-state index is -2.02. The first-order chi connectivity index (χ1) is 30.1. The van der Waals surface area contributed by atoms with E-state index in [0.29, 0.717) is 16.9 Å². The van der Waals surface area contributed by atoms with Crippen LogP contribution in [0.25, 0.3) is 88.3 Å². The standard InChI is InChI=1S/C56H38O3P2/c1-3-37-23-29-47-41(35-37)26-32-49-53(47)54-48-30-24-38(4-2)36-42(48)27-33-50(54)58-61(57-49)59-51-31-25-39-15-11-13-21-45(39)55(51)56-46-22-14-12-16-40(46)28-34-52(56)60(43-17-7-5-8-18-43)44-19-9-6-10-20-44/h3-36H,1-2H2. The van der Waals surface area contributed by atoms with E-state index in [1.165, 1.54) is 15.9 Å². The Morgan fingerprint density at radius 1 is 0.426 bits per heavy atom. The van der Waals surface area contributed by atoms with Crippen LogP contribution in [-0.4, -0.2) is 0 Å². The maximum Gasteiger partial charge on any atom is 0.453 e. The molecule has 0 radical (unpaired) electrons. The molecule has 10 aromatic carbocycles. The third-order valence-electron chi connectivity index (χ3n) is 11.6. The topological polar surface area (TPSA) is 35.5 Å². The maximum absolute atomic E-state index is 7.24. The summed E-state index contributed by atoms with van der Waals surface area (Å²) in [7, 11) is -3.01. The Bertz CT molecular complexity index is 3410. The van der Waals surface area contributed by atoms with Gasteiger partial charge in [-0.05, 0) is 108 Å². The summed E-state index contributed by atoms with van der Waals surface area (Å²) >= 11 is 0. The van der Waals surface area contributed by atoms with Crippen LogP contribution >= 0.6 is 16.2 Å². The molecule has 0 saturated carbocycles. The van der Waals surface area contributed by atoms with Crippen molar-refractivity contribution in [3.05, 3.63) is 218 Å². The fraction of sp³-hybridized carbons (Fsp3) is 0. The van der Waals surface area contributed by atoms with Crippen molar-refractivity contribution in [2.45, 2.75) is 0 Å². The van der Waals surface area contributed by atoms with Crippen LogP contribution in [-0.2, 0) is 0 Å². The lowest BCUT2D eigenvalue weighted by atomic mass is 9.93. The maximum atomic E-state index is 7.24. The van der Waals surface area contributed by atoms with Crippen molar-refractivity contribution in [3.63, 3.8) is 0 Å². The van der Waals surface area contributed by atoms with Gasteiger partial charge >= 0.3 is 8.24 Å². The van der Waals surface area contributed by atoms with Crippen LogP contribution < -0.4 is 20.4 Å². The van der Waals surface area contributed by atoms with Gasteiger partial charge in [0.2, 0.25) is 0 Å². The molecular formula is C56H38O3P2. The van der Waals surface area contributed by atoms with Gasteiger partial charge in [0, 0.05) is 21.9 Å². The van der Waals surface area contributed by atoms with Gasteiger partial charge in [0.1, 0.15) is 16.9 Å². The highest BCUT2D eigenvalue weighted by Crippen LogP contribution is 2.49. The molecule has 11 rings (SSSR count). The largest absolute Gasteiger partial charge is 0.453 e. The molecule has 3 nitrogen and oxygen atoms in total. The Morgan fingerprint density at radius 3 is 1.44 bits per heavy atom. The zero-order chi connectivity index (χ0) is 40.9. The van der Waals surface area contributed by atoms with Gasteiger partial charge in [-0.3, -0.25) is 0 Å². The van der Waals surface area contributed by atoms with Gasteiger partial charge in [-0.25, -0.2) is 0 Å². The highest BCUT2D eigenvalue weighted by atomic mass is 31.1. The van der Waals surface area contributed by atoms with E-state index in [0.717, 1.165) is 76.1 Å². The molecule has 0 bridgehead atoms. The number of fused-ring (bicyclic) bond motifs is 9. The van der Waals surface area contributed by atoms with Gasteiger partial charge in [0.15, 0.2) is 0 Å². The van der Waals surface area contributed by atoms with Crippen molar-refractivity contribution in [3.8, 4) is 16.9 Å². The second-order valence-electron chi connectivity index (χ2n) is 15.1. The minimum Gasteiger partial charge on any atom is -0.390 e. The van der Waals surface area contributed by atoms with E-state index >= 15 is 0 Å². The van der Waals surface area contributed by atoms with E-state index in [2.05, 4.69) is 207 Å². The van der Waals surface area contributed by atoms with Gasteiger partial charge in [-0.1, -0.05) is 189 Å². The summed E-state index contributed by atoms with van der Waals surface area (Å²) in [5.74, 6) is 0.691. The van der Waals surface area contributed by atoms with Crippen molar-refractivity contribution in [2.24, 2.45) is 0 Å². The second-order valence-corrected chi connectivity index (χ2v) is 18.3. The minimum absolute atomic E-state index is 0.691. The van der Waals surface area contributed by atoms with E-state index in [1.807, 2.05) is 12.2 Å². The molecule has 0 saturated heterocycles. The third kappa shape index (κ3) is 6.51. The molecule has 0 aliphatic heterocycles. The molecule has 0 N–H and O–H groups in total. The summed E-state index contributed by atoms with van der Waals surface area (Å²) in [6.45, 7) is 8.06. The van der Waals surface area contributed by atoms with Crippen molar-refractivity contribution in [2.75, 3.05) is 0 Å². The number of benzene rings is 10. The predicted octanol–water partition coefficient (Wildman–Crippen LogP) is 15.5. The monoisotopic (exact) mass is 820 g/mol. The van der Waals surface area contributed by atoms with Crippen LogP contribution in [0.3, 0.4) is 0 Å². The van der Waals surface area contributed by atoms with E-state index in [9.17, 15) is 0 Å². The Hall–Kier alpha value is -7.15. The molecule has 0 aliphatic carbocycles. The van der Waals surface area contributed by atoms with E-state index in [-0.39, 0.29) is 0 Å². The molecule has 0 spiro atoms. The van der Waals surface area contributed by atoms with Crippen LogP contribution in [0.4, 0.5) is 0 Å². The van der Waals surface area contributed by atoms with Crippen molar-refractivity contribution >= 4 is 109 Å². The first kappa shape index (κ1) is 36.9. The molecule has 5 heteroatoms. The summed E-state index contributed by atoms with van der Waals surface area (Å²) in [6.07, 6.45) is 3.76. The Labute approximate surface area is 355 Å². The lowest BCUT2D eigenvalue weighted by molar-refractivity contribution is 0.500. The second kappa shape index (κ2) is 15.5. The summed E-state index contributed by atoms with van der Waals surface area (Å²) in [5, 5.41) is 14.6. The molecule has 0 unspecified atom stereocenters. The van der Waals surface area contributed by atoms with Crippen molar-refractivity contribution in [1.82, 2.24) is 0 Å². The fourth-order valence-corrected chi connectivity index (χ4v) is 12.3. The average Bonchev–Trinajstić information content (AvgIpc) is 3.48. The van der Waals surface area contributed by atoms with Crippen LogP contribution in [0.5, 0.6) is 5.75 Å². The Balaban J connectivity index is 1.21. The highest BCUT2D eigenvalue weighted by molar-refractivity contribution is 7.80. The summed E-state index contributed by atoms with van der Waals surface area (Å²) < 4.78 is 21.2. The molecule has 1 aromatic heterocycles. The summed E-state index contributed by atoms with van der Waals surface area (Å²) in [4.78, 5) is 0. The summed E-state index contributed by atoms with van der Waals surface area (Å²) in [6, 6.07) is 69.0. The predicted molar refractivity (Wildman–Crippen MR) is 263 cm³/mol. The summed E-state index contributed by atoms with van der Waals surface area (Å²) in [5.41, 5.74) is 5.66. The smallest absolute Gasteiger partial charge is 0.390 e. The molecule has 0 amide bonds. The zero-order valence-corrected chi connectivity index (χ0v) is 35.0.